The van der Waals surface area contributed by atoms with E-state index < -0.39 is 0 Å². The second-order valence-electron chi connectivity index (χ2n) is 5.63. The summed E-state index contributed by atoms with van der Waals surface area (Å²) in [5, 5.41) is 1.06. The minimum Gasteiger partial charge on any atom is -0.450 e. The summed E-state index contributed by atoms with van der Waals surface area (Å²) < 4.78 is 5.96. The Morgan fingerprint density at radius 2 is 2.10 bits per heavy atom. The van der Waals surface area contributed by atoms with Crippen molar-refractivity contribution >= 4 is 27.9 Å². The van der Waals surface area contributed by atoms with Crippen molar-refractivity contribution in [2.75, 3.05) is 18.5 Å². The summed E-state index contributed by atoms with van der Waals surface area (Å²) >= 11 is 0. The first-order chi connectivity index (χ1) is 9.83. The van der Waals surface area contributed by atoms with Crippen LogP contribution in [0.4, 0.5) is 5.82 Å². The van der Waals surface area contributed by atoms with Crippen molar-refractivity contribution in [1.82, 2.24) is 9.97 Å². The number of benzene rings is 1. The lowest BCUT2D eigenvalue weighted by Crippen LogP contribution is -2.20. The molecule has 4 rings (SSSR count). The van der Waals surface area contributed by atoms with Gasteiger partial charge in [0.1, 0.15) is 17.4 Å². The fourth-order valence-corrected chi connectivity index (χ4v) is 2.67. The van der Waals surface area contributed by atoms with Crippen LogP contribution >= 0.6 is 0 Å². The van der Waals surface area contributed by atoms with Gasteiger partial charge in [0.05, 0.1) is 0 Å². The minimum absolute atomic E-state index is 0.798. The molecule has 0 N–H and O–H groups in total. The maximum Gasteiger partial charge on any atom is 0.196 e. The number of anilines is 1. The van der Waals surface area contributed by atoms with E-state index in [1.165, 1.54) is 19.3 Å². The molecule has 4 nitrogen and oxygen atoms in total. The van der Waals surface area contributed by atoms with E-state index in [1.807, 2.05) is 24.3 Å². The van der Waals surface area contributed by atoms with Crippen molar-refractivity contribution in [1.29, 1.82) is 0 Å². The number of para-hydroxylation sites is 1. The van der Waals surface area contributed by atoms with Crippen molar-refractivity contribution in [3.05, 3.63) is 30.6 Å². The molecule has 2 aromatic heterocycles. The Balaban J connectivity index is 1.77. The number of hydrogen-bond donors (Lipinski definition) is 0. The molecule has 2 heterocycles. The van der Waals surface area contributed by atoms with Crippen LogP contribution in [0.3, 0.4) is 0 Å². The third-order valence-corrected chi connectivity index (χ3v) is 4.07. The van der Waals surface area contributed by atoms with Crippen molar-refractivity contribution in [2.45, 2.75) is 19.3 Å². The molecule has 0 spiro atoms. The standard InChI is InChI=1S/C16H17N3O/c1-19(9-8-11-6-7-11)16-15-14(17-10-18-16)12-4-2-3-5-13(12)20-15/h2-5,10-11H,6-9H2,1H3. The van der Waals surface area contributed by atoms with Gasteiger partial charge in [-0.1, -0.05) is 25.0 Å². The number of nitrogens with zero attached hydrogens (tertiary/aromatic N) is 3. The zero-order valence-corrected chi connectivity index (χ0v) is 11.5. The van der Waals surface area contributed by atoms with Gasteiger partial charge >= 0.3 is 0 Å². The largest absolute Gasteiger partial charge is 0.450 e. The zero-order valence-electron chi connectivity index (χ0n) is 11.5. The molecule has 4 heteroatoms. The summed E-state index contributed by atoms with van der Waals surface area (Å²) in [5.74, 6) is 1.82. The summed E-state index contributed by atoms with van der Waals surface area (Å²) in [6.07, 6.45) is 5.64. The topological polar surface area (TPSA) is 42.2 Å². The molecule has 1 saturated carbocycles. The lowest BCUT2D eigenvalue weighted by atomic mass is 10.2. The van der Waals surface area contributed by atoms with Gasteiger partial charge < -0.3 is 9.32 Å². The fourth-order valence-electron chi connectivity index (χ4n) is 2.67. The molecule has 0 saturated heterocycles. The van der Waals surface area contributed by atoms with E-state index >= 15 is 0 Å². The highest BCUT2D eigenvalue weighted by atomic mass is 16.3. The van der Waals surface area contributed by atoms with Gasteiger partial charge in [-0.25, -0.2) is 9.97 Å². The highest BCUT2D eigenvalue weighted by Crippen LogP contribution is 2.34. The van der Waals surface area contributed by atoms with Crippen LogP contribution in [0.15, 0.2) is 35.0 Å². The van der Waals surface area contributed by atoms with Crippen LogP contribution in [-0.4, -0.2) is 23.6 Å². The van der Waals surface area contributed by atoms with Crippen LogP contribution in [0, 0.1) is 5.92 Å². The summed E-state index contributed by atoms with van der Waals surface area (Å²) in [4.78, 5) is 11.0. The van der Waals surface area contributed by atoms with Crippen molar-refractivity contribution in [2.24, 2.45) is 5.92 Å². The van der Waals surface area contributed by atoms with E-state index in [-0.39, 0.29) is 0 Å². The lowest BCUT2D eigenvalue weighted by molar-refractivity contribution is 0.656. The van der Waals surface area contributed by atoms with E-state index in [0.29, 0.717) is 0 Å². The third-order valence-electron chi connectivity index (χ3n) is 4.07. The average molecular weight is 267 g/mol. The Morgan fingerprint density at radius 3 is 2.95 bits per heavy atom. The Labute approximate surface area is 117 Å². The molecule has 0 radical (unpaired) electrons. The first-order valence-corrected chi connectivity index (χ1v) is 7.16. The normalized spacial score (nSPS) is 15.1. The predicted molar refractivity (Wildman–Crippen MR) is 79.9 cm³/mol. The predicted octanol–water partition coefficient (Wildman–Crippen LogP) is 3.61. The van der Waals surface area contributed by atoms with Crippen molar-refractivity contribution < 1.29 is 4.42 Å². The molecule has 0 aliphatic heterocycles. The molecular weight excluding hydrogens is 250 g/mol. The molecule has 0 atom stereocenters. The molecule has 20 heavy (non-hydrogen) atoms. The summed E-state index contributed by atoms with van der Waals surface area (Å²) in [6, 6.07) is 8.01. The molecule has 1 fully saturated rings. The van der Waals surface area contributed by atoms with E-state index in [0.717, 1.165) is 40.3 Å². The number of furan rings is 1. The third kappa shape index (κ3) is 1.92. The summed E-state index contributed by atoms with van der Waals surface area (Å²) in [6.45, 7) is 1.02. The quantitative estimate of drug-likeness (QED) is 0.724. The summed E-state index contributed by atoms with van der Waals surface area (Å²) in [5.41, 5.74) is 2.58. The highest BCUT2D eigenvalue weighted by molar-refractivity contribution is 6.05. The Kier molecular flexibility index (Phi) is 2.62. The molecule has 0 unspecified atom stereocenters. The van der Waals surface area contributed by atoms with Gasteiger partial charge in [-0.2, -0.15) is 0 Å². The van der Waals surface area contributed by atoms with Gasteiger partial charge in [0.25, 0.3) is 0 Å². The first-order valence-electron chi connectivity index (χ1n) is 7.16. The number of rotatable bonds is 4. The van der Waals surface area contributed by atoms with Crippen molar-refractivity contribution in [3.63, 3.8) is 0 Å². The smallest absolute Gasteiger partial charge is 0.196 e. The molecule has 1 aliphatic carbocycles. The maximum absolute atomic E-state index is 5.96. The van der Waals surface area contributed by atoms with Gasteiger partial charge in [-0.15, -0.1) is 0 Å². The molecule has 1 aromatic carbocycles. The SMILES string of the molecule is CN(CCC1CC1)c1ncnc2c1oc1ccccc12. The van der Waals surface area contributed by atoms with Gasteiger partial charge in [0.15, 0.2) is 11.4 Å². The van der Waals surface area contributed by atoms with Crippen molar-refractivity contribution in [3.8, 4) is 0 Å². The highest BCUT2D eigenvalue weighted by Gasteiger charge is 2.22. The number of fused-ring (bicyclic) bond motifs is 3. The summed E-state index contributed by atoms with van der Waals surface area (Å²) in [7, 11) is 2.08. The Hall–Kier alpha value is -2.10. The first kappa shape index (κ1) is 11.7. The molecule has 1 aliphatic rings. The van der Waals surface area contributed by atoms with E-state index in [1.54, 1.807) is 6.33 Å². The van der Waals surface area contributed by atoms with Crippen LogP contribution in [0.2, 0.25) is 0 Å². The minimum atomic E-state index is 0.798. The number of aromatic nitrogens is 2. The maximum atomic E-state index is 5.96. The van der Waals surface area contributed by atoms with Gasteiger partial charge in [0, 0.05) is 19.0 Å². The lowest BCUT2D eigenvalue weighted by Gasteiger charge is -2.17. The Morgan fingerprint density at radius 1 is 1.25 bits per heavy atom. The Bertz CT molecular complexity index is 761. The van der Waals surface area contributed by atoms with Crippen LogP contribution in [-0.2, 0) is 0 Å². The fraction of sp³-hybridized carbons (Fsp3) is 0.375. The second kappa shape index (κ2) is 4.47. The van der Waals surface area contributed by atoms with Crippen LogP contribution in [0.5, 0.6) is 0 Å². The average Bonchev–Trinajstić information content (AvgIpc) is 3.23. The van der Waals surface area contributed by atoms with Gasteiger partial charge in [-0.3, -0.25) is 0 Å². The van der Waals surface area contributed by atoms with E-state index in [9.17, 15) is 0 Å². The van der Waals surface area contributed by atoms with Gasteiger partial charge in [0.2, 0.25) is 0 Å². The second-order valence-corrected chi connectivity index (χ2v) is 5.63. The van der Waals surface area contributed by atoms with Crippen LogP contribution < -0.4 is 4.90 Å². The number of hydrogen-bond acceptors (Lipinski definition) is 4. The molecule has 0 amide bonds. The molecule has 3 aromatic rings. The van der Waals surface area contributed by atoms with Gasteiger partial charge in [-0.05, 0) is 24.5 Å². The molecule has 0 bridgehead atoms. The van der Waals surface area contributed by atoms with Crippen LogP contribution in [0.25, 0.3) is 22.1 Å². The van der Waals surface area contributed by atoms with E-state index in [4.69, 9.17) is 4.42 Å². The van der Waals surface area contributed by atoms with Crippen LogP contribution in [0.1, 0.15) is 19.3 Å². The van der Waals surface area contributed by atoms with E-state index in [2.05, 4.69) is 21.9 Å². The molecular formula is C16H17N3O. The molecule has 102 valence electrons. The monoisotopic (exact) mass is 267 g/mol. The zero-order chi connectivity index (χ0) is 13.5.